The van der Waals surface area contributed by atoms with Crippen molar-refractivity contribution in [1.82, 2.24) is 0 Å². The Morgan fingerprint density at radius 2 is 1.52 bits per heavy atom. The zero-order valence-electron chi connectivity index (χ0n) is 15.0. The third kappa shape index (κ3) is 5.89. The van der Waals surface area contributed by atoms with Gasteiger partial charge in [0.1, 0.15) is 0 Å². The number of rotatable bonds is 6. The first-order valence-corrected chi connectivity index (χ1v) is 12.1. The maximum Gasteiger partial charge on any atom is 0.416 e. The Labute approximate surface area is 149 Å². The van der Waals surface area contributed by atoms with Gasteiger partial charge in [0.25, 0.3) is 0 Å². The maximum absolute atomic E-state index is 12.8. The zero-order chi connectivity index (χ0) is 18.5. The average Bonchev–Trinajstić information content (AvgIpc) is 2.54. The summed E-state index contributed by atoms with van der Waals surface area (Å²) in [6, 6.07) is 15.9. The van der Waals surface area contributed by atoms with Crippen molar-refractivity contribution in [3.63, 3.8) is 0 Å². The summed E-state index contributed by atoms with van der Waals surface area (Å²) in [6.45, 7) is 6.74. The first kappa shape index (κ1) is 19.5. The molecule has 134 valence electrons. The van der Waals surface area contributed by atoms with E-state index in [-0.39, 0.29) is 5.54 Å². The molecule has 0 spiro atoms. The molecule has 25 heavy (non-hydrogen) atoms. The summed E-state index contributed by atoms with van der Waals surface area (Å²) in [5, 5.41) is 0. The van der Waals surface area contributed by atoms with E-state index in [4.69, 9.17) is 0 Å². The van der Waals surface area contributed by atoms with Crippen LogP contribution in [0.3, 0.4) is 0 Å². The van der Waals surface area contributed by atoms with E-state index in [2.05, 4.69) is 43.9 Å². The van der Waals surface area contributed by atoms with Gasteiger partial charge >= 0.3 is 6.18 Å². The Bertz CT molecular complexity index is 680. The van der Waals surface area contributed by atoms with Gasteiger partial charge in [-0.1, -0.05) is 74.3 Å². The van der Waals surface area contributed by atoms with Gasteiger partial charge in [-0.25, -0.2) is 0 Å². The molecule has 0 amide bonds. The lowest BCUT2D eigenvalue weighted by atomic mass is 10.1. The Kier molecular flexibility index (Phi) is 6.28. The lowest BCUT2D eigenvalue weighted by molar-refractivity contribution is -0.137. The normalized spacial score (nSPS) is 14.0. The van der Waals surface area contributed by atoms with Crippen molar-refractivity contribution in [2.75, 3.05) is 0 Å². The zero-order valence-corrected chi connectivity index (χ0v) is 16.0. The lowest BCUT2D eigenvalue weighted by Gasteiger charge is -2.27. The van der Waals surface area contributed by atoms with Crippen LogP contribution < -0.4 is 0 Å². The van der Waals surface area contributed by atoms with E-state index in [0.29, 0.717) is 0 Å². The van der Waals surface area contributed by atoms with Gasteiger partial charge in [0.15, 0.2) is 0 Å². The molecule has 0 bridgehead atoms. The predicted molar refractivity (Wildman–Crippen MR) is 101 cm³/mol. The summed E-state index contributed by atoms with van der Waals surface area (Å²) < 4.78 is 38.3. The molecule has 1 atom stereocenters. The second-order valence-corrected chi connectivity index (χ2v) is 12.8. The van der Waals surface area contributed by atoms with Gasteiger partial charge in [-0.05, 0) is 41.6 Å². The SMILES string of the molecule is C[Si](C)(C)C(/C=C/CCc1ccccc1)c1ccc(C(F)(F)F)cc1. The van der Waals surface area contributed by atoms with Gasteiger partial charge in [-0.15, -0.1) is 0 Å². The summed E-state index contributed by atoms with van der Waals surface area (Å²) in [5.74, 6) is 0. The molecule has 4 heteroatoms. The number of hydrogen-bond donors (Lipinski definition) is 0. The molecule has 0 aliphatic carbocycles. The lowest BCUT2D eigenvalue weighted by Crippen LogP contribution is -2.29. The van der Waals surface area contributed by atoms with E-state index in [1.165, 1.54) is 17.7 Å². The monoisotopic (exact) mass is 362 g/mol. The summed E-state index contributed by atoms with van der Waals surface area (Å²) >= 11 is 0. The van der Waals surface area contributed by atoms with Crippen LogP contribution in [0.25, 0.3) is 0 Å². The molecular formula is C21H25F3Si. The molecule has 0 aliphatic rings. The highest BCUT2D eigenvalue weighted by Gasteiger charge is 2.31. The first-order valence-electron chi connectivity index (χ1n) is 8.55. The fraction of sp³-hybridized carbons (Fsp3) is 0.333. The van der Waals surface area contributed by atoms with Crippen molar-refractivity contribution in [1.29, 1.82) is 0 Å². The van der Waals surface area contributed by atoms with E-state index in [1.54, 1.807) is 12.1 Å². The van der Waals surface area contributed by atoms with Gasteiger partial charge in [0, 0.05) is 0 Å². The number of aryl methyl sites for hydroxylation is 1. The third-order valence-electron chi connectivity index (χ3n) is 4.30. The summed E-state index contributed by atoms with van der Waals surface area (Å²) in [4.78, 5) is 0. The van der Waals surface area contributed by atoms with Crippen LogP contribution in [0.15, 0.2) is 66.7 Å². The first-order chi connectivity index (χ1) is 11.7. The van der Waals surface area contributed by atoms with Crippen molar-refractivity contribution >= 4 is 8.07 Å². The minimum Gasteiger partial charge on any atom is -0.166 e. The van der Waals surface area contributed by atoms with E-state index in [1.807, 2.05) is 18.2 Å². The van der Waals surface area contributed by atoms with Crippen LogP contribution in [-0.4, -0.2) is 8.07 Å². The van der Waals surface area contributed by atoms with Crippen LogP contribution in [0.2, 0.25) is 19.6 Å². The van der Waals surface area contributed by atoms with Crippen LogP contribution >= 0.6 is 0 Å². The Morgan fingerprint density at radius 1 is 0.920 bits per heavy atom. The highest BCUT2D eigenvalue weighted by atomic mass is 28.3. The number of allylic oxidation sites excluding steroid dienone is 2. The molecule has 0 saturated carbocycles. The van der Waals surface area contributed by atoms with Crippen molar-refractivity contribution in [2.45, 2.75) is 44.2 Å². The molecular weight excluding hydrogens is 337 g/mol. The highest BCUT2D eigenvalue weighted by Crippen LogP contribution is 2.33. The Hall–Kier alpha value is -1.81. The number of alkyl halides is 3. The highest BCUT2D eigenvalue weighted by molar-refractivity contribution is 6.78. The van der Waals surface area contributed by atoms with Crippen molar-refractivity contribution < 1.29 is 13.2 Å². The summed E-state index contributed by atoms with van der Waals surface area (Å²) in [5.41, 5.74) is 1.90. The van der Waals surface area contributed by atoms with Gasteiger partial charge in [-0.3, -0.25) is 0 Å². The van der Waals surface area contributed by atoms with Gasteiger partial charge < -0.3 is 0 Å². The minimum atomic E-state index is -4.28. The standard InChI is InChI=1S/C21H25F3Si/c1-25(2,3)20(12-8-7-11-17-9-5-4-6-10-17)18-13-15-19(16-14-18)21(22,23)24/h4-6,8-10,12-16,20H,7,11H2,1-3H3/b12-8+. The number of benzene rings is 2. The van der Waals surface area contributed by atoms with Crippen LogP contribution in [0.5, 0.6) is 0 Å². The third-order valence-corrected chi connectivity index (χ3v) is 6.69. The topological polar surface area (TPSA) is 0 Å². The van der Waals surface area contributed by atoms with E-state index < -0.39 is 19.8 Å². The maximum atomic E-state index is 12.8. The summed E-state index contributed by atoms with van der Waals surface area (Å²) in [6.07, 6.45) is 2.00. The molecule has 0 radical (unpaired) electrons. The van der Waals surface area contributed by atoms with Crippen LogP contribution in [0.1, 0.15) is 28.7 Å². The van der Waals surface area contributed by atoms with E-state index in [9.17, 15) is 13.2 Å². The van der Waals surface area contributed by atoms with E-state index in [0.717, 1.165) is 18.4 Å². The van der Waals surface area contributed by atoms with Gasteiger partial charge in [-0.2, -0.15) is 13.2 Å². The largest absolute Gasteiger partial charge is 0.416 e. The van der Waals surface area contributed by atoms with Crippen LogP contribution in [-0.2, 0) is 12.6 Å². The molecule has 2 rings (SSSR count). The second-order valence-electron chi connectivity index (χ2n) is 7.42. The molecule has 0 N–H and O–H groups in total. The summed E-state index contributed by atoms with van der Waals surface area (Å²) in [7, 11) is -1.59. The van der Waals surface area contributed by atoms with Crippen molar-refractivity contribution in [2.24, 2.45) is 0 Å². The molecule has 0 aliphatic heterocycles. The fourth-order valence-electron chi connectivity index (χ4n) is 2.91. The van der Waals surface area contributed by atoms with E-state index >= 15 is 0 Å². The van der Waals surface area contributed by atoms with Gasteiger partial charge in [0.2, 0.25) is 0 Å². The van der Waals surface area contributed by atoms with Crippen molar-refractivity contribution in [3.05, 3.63) is 83.4 Å². The number of halogens is 3. The molecule has 0 aromatic heterocycles. The molecule has 1 unspecified atom stereocenters. The predicted octanol–water partition coefficient (Wildman–Crippen LogP) is 6.86. The van der Waals surface area contributed by atoms with Crippen molar-refractivity contribution in [3.8, 4) is 0 Å². The fourth-order valence-corrected chi connectivity index (χ4v) is 4.81. The molecule has 2 aromatic carbocycles. The molecule has 2 aromatic rings. The number of hydrogen-bond acceptors (Lipinski definition) is 0. The minimum absolute atomic E-state index is 0.213. The molecule has 0 saturated heterocycles. The van der Waals surface area contributed by atoms with Gasteiger partial charge in [0.05, 0.1) is 13.6 Å². The molecule has 0 heterocycles. The Balaban J connectivity index is 2.10. The quantitative estimate of drug-likeness (QED) is 0.389. The Morgan fingerprint density at radius 3 is 2.04 bits per heavy atom. The molecule has 0 nitrogen and oxygen atoms in total. The molecule has 0 fully saturated rings. The average molecular weight is 363 g/mol. The van der Waals surface area contributed by atoms with Crippen LogP contribution in [0.4, 0.5) is 13.2 Å². The van der Waals surface area contributed by atoms with Crippen LogP contribution in [0, 0.1) is 0 Å². The smallest absolute Gasteiger partial charge is 0.166 e. The second kappa shape index (κ2) is 8.04.